The van der Waals surface area contributed by atoms with Gasteiger partial charge < -0.3 is 14.4 Å². The summed E-state index contributed by atoms with van der Waals surface area (Å²) in [4.78, 5) is 32.3. The summed E-state index contributed by atoms with van der Waals surface area (Å²) < 4.78 is 8.57. The van der Waals surface area contributed by atoms with E-state index in [9.17, 15) is 14.4 Å². The molecule has 73 valence electrons. The Morgan fingerprint density at radius 2 is 1.54 bits per heavy atom. The molecule has 0 saturated carbocycles. The molecule has 0 heterocycles. The molecule has 0 aliphatic rings. The van der Waals surface area contributed by atoms with Gasteiger partial charge in [-0.3, -0.25) is 14.4 Å². The van der Waals surface area contributed by atoms with Gasteiger partial charge in [0, 0.05) is 0 Å². The van der Waals surface area contributed by atoms with Gasteiger partial charge in [-0.1, -0.05) is 0 Å². The fourth-order valence-corrected chi connectivity index (χ4v) is 0.561. The van der Waals surface area contributed by atoms with Crippen molar-refractivity contribution in [2.45, 2.75) is 0 Å². The van der Waals surface area contributed by atoms with Crippen LogP contribution in [0.15, 0.2) is 0 Å². The molecule has 6 heteroatoms. The molecule has 6 nitrogen and oxygen atoms in total. The van der Waals surface area contributed by atoms with Crippen LogP contribution in [0, 0.1) is 0 Å². The zero-order valence-electron chi connectivity index (χ0n) is 7.40. The highest BCUT2D eigenvalue weighted by molar-refractivity contribution is 5.78. The Hall–Kier alpha value is -1.59. The number of carbonyl (C=O) groups excluding carboxylic acids is 3. The van der Waals surface area contributed by atoms with Crippen molar-refractivity contribution in [1.29, 1.82) is 0 Å². The fraction of sp³-hybridized carbons (Fsp3) is 0.571. The summed E-state index contributed by atoms with van der Waals surface area (Å²) in [6.07, 6.45) is 1.41. The highest BCUT2D eigenvalue weighted by atomic mass is 16.5. The van der Waals surface area contributed by atoms with Crippen LogP contribution in [-0.4, -0.2) is 50.6 Å². The van der Waals surface area contributed by atoms with Gasteiger partial charge in [-0.2, -0.15) is 0 Å². The molecule has 0 aromatic rings. The normalized spacial score (nSPS) is 8.77. The molecule has 0 rings (SSSR count). The Balaban J connectivity index is 3.96. The van der Waals surface area contributed by atoms with Crippen molar-refractivity contribution in [3.63, 3.8) is 0 Å². The minimum absolute atomic E-state index is 0.310. The molecular formula is C7H10NO5. The second kappa shape index (κ2) is 5.99. The van der Waals surface area contributed by atoms with Crippen molar-refractivity contribution in [1.82, 2.24) is 4.90 Å². The lowest BCUT2D eigenvalue weighted by atomic mass is 10.5. The summed E-state index contributed by atoms with van der Waals surface area (Å²) in [6.45, 7) is -0.621. The Morgan fingerprint density at radius 3 is 1.77 bits per heavy atom. The molecule has 0 N–H and O–H groups in total. The van der Waals surface area contributed by atoms with Crippen LogP contribution in [0.2, 0.25) is 0 Å². The third-order valence-corrected chi connectivity index (χ3v) is 1.22. The van der Waals surface area contributed by atoms with E-state index in [0.717, 1.165) is 4.90 Å². The molecule has 0 aromatic carbocycles. The van der Waals surface area contributed by atoms with E-state index in [1.54, 1.807) is 0 Å². The van der Waals surface area contributed by atoms with Gasteiger partial charge in [0.15, 0.2) is 0 Å². The van der Waals surface area contributed by atoms with Gasteiger partial charge in [-0.25, -0.2) is 0 Å². The summed E-state index contributed by atoms with van der Waals surface area (Å²) in [5, 5.41) is 0. The standard InChI is InChI=1S/C7H10NO5/c1-12-6(10)3-8(5-9)4-7(11)13-2/h3-4H2,1-2H3. The van der Waals surface area contributed by atoms with Gasteiger partial charge in [-0.05, 0) is 0 Å². The summed E-state index contributed by atoms with van der Waals surface area (Å²) in [5.74, 6) is -1.24. The first-order valence-corrected chi connectivity index (χ1v) is 3.40. The molecule has 1 radical (unpaired) electrons. The third-order valence-electron chi connectivity index (χ3n) is 1.22. The van der Waals surface area contributed by atoms with Crippen LogP contribution in [-0.2, 0) is 23.9 Å². The van der Waals surface area contributed by atoms with E-state index >= 15 is 0 Å². The summed E-state index contributed by atoms with van der Waals surface area (Å²) in [6, 6.07) is 0. The SMILES string of the molecule is COC(=O)CN([C]=O)CC(=O)OC. The molecule has 0 unspecified atom stereocenters. The Kier molecular flexibility index (Phi) is 5.25. The first-order chi connectivity index (χ1) is 6.13. The van der Waals surface area contributed by atoms with E-state index in [2.05, 4.69) is 9.47 Å². The van der Waals surface area contributed by atoms with E-state index in [1.807, 2.05) is 0 Å². The maximum Gasteiger partial charge on any atom is 0.325 e. The number of methoxy groups -OCH3 is 2. The van der Waals surface area contributed by atoms with Gasteiger partial charge in [-0.15, -0.1) is 0 Å². The van der Waals surface area contributed by atoms with Crippen LogP contribution in [0.3, 0.4) is 0 Å². The Labute approximate surface area is 75.4 Å². The molecule has 0 fully saturated rings. The van der Waals surface area contributed by atoms with Crippen LogP contribution in [0.25, 0.3) is 0 Å². The number of nitrogens with zero attached hydrogens (tertiary/aromatic N) is 1. The highest BCUT2D eigenvalue weighted by Gasteiger charge is 2.13. The summed E-state index contributed by atoms with van der Waals surface area (Å²) in [7, 11) is 2.37. The zero-order chi connectivity index (χ0) is 10.3. The van der Waals surface area contributed by atoms with E-state index in [0.29, 0.717) is 0 Å². The molecular weight excluding hydrogens is 178 g/mol. The molecule has 0 saturated heterocycles. The van der Waals surface area contributed by atoms with Gasteiger partial charge in [0.2, 0.25) is 0 Å². The monoisotopic (exact) mass is 188 g/mol. The predicted octanol–water partition coefficient (Wildman–Crippen LogP) is -1.30. The second-order valence-electron chi connectivity index (χ2n) is 2.10. The number of ether oxygens (including phenoxy) is 2. The van der Waals surface area contributed by atoms with Gasteiger partial charge in [0.05, 0.1) is 14.2 Å². The first kappa shape index (κ1) is 11.4. The van der Waals surface area contributed by atoms with Gasteiger partial charge in [0.25, 0.3) is 0 Å². The minimum atomic E-state index is -0.618. The predicted molar refractivity (Wildman–Crippen MR) is 41.3 cm³/mol. The largest absolute Gasteiger partial charge is 0.468 e. The molecule has 1 amide bonds. The first-order valence-electron chi connectivity index (χ1n) is 3.40. The molecule has 0 aliphatic carbocycles. The second-order valence-corrected chi connectivity index (χ2v) is 2.10. The Bertz CT molecular complexity index is 185. The molecule has 0 atom stereocenters. The lowest BCUT2D eigenvalue weighted by molar-refractivity contribution is -0.143. The summed E-state index contributed by atoms with van der Waals surface area (Å²) in [5.41, 5.74) is 0. The number of amides is 1. The van der Waals surface area contributed by atoms with Crippen LogP contribution in [0.4, 0.5) is 0 Å². The van der Waals surface area contributed by atoms with Crippen LogP contribution in [0.1, 0.15) is 0 Å². The molecule has 0 bridgehead atoms. The smallest absolute Gasteiger partial charge is 0.325 e. The highest BCUT2D eigenvalue weighted by Crippen LogP contribution is 1.86. The third kappa shape index (κ3) is 4.78. The number of carbonyl (C=O) groups is 2. The lowest BCUT2D eigenvalue weighted by Crippen LogP contribution is -2.34. The zero-order valence-corrected chi connectivity index (χ0v) is 7.40. The number of hydrogen-bond acceptors (Lipinski definition) is 5. The molecule has 0 aliphatic heterocycles. The quantitative estimate of drug-likeness (QED) is 0.396. The van der Waals surface area contributed by atoms with Crippen LogP contribution < -0.4 is 0 Å². The molecule has 13 heavy (non-hydrogen) atoms. The number of hydrogen-bond donors (Lipinski definition) is 0. The van der Waals surface area contributed by atoms with Crippen molar-refractivity contribution in [2.75, 3.05) is 27.3 Å². The maximum atomic E-state index is 10.7. The van der Waals surface area contributed by atoms with Gasteiger partial charge in [0.1, 0.15) is 13.1 Å². The average molecular weight is 188 g/mol. The Morgan fingerprint density at radius 1 is 1.15 bits per heavy atom. The van der Waals surface area contributed by atoms with E-state index in [1.165, 1.54) is 20.6 Å². The molecule has 0 spiro atoms. The number of esters is 2. The van der Waals surface area contributed by atoms with E-state index < -0.39 is 11.9 Å². The lowest BCUT2D eigenvalue weighted by Gasteiger charge is -2.12. The van der Waals surface area contributed by atoms with E-state index in [-0.39, 0.29) is 13.1 Å². The number of rotatable bonds is 5. The maximum absolute atomic E-state index is 10.7. The van der Waals surface area contributed by atoms with Crippen LogP contribution in [0.5, 0.6) is 0 Å². The average Bonchev–Trinajstić information content (AvgIpc) is 2.16. The van der Waals surface area contributed by atoms with Crippen molar-refractivity contribution >= 4 is 18.3 Å². The molecule has 0 aromatic heterocycles. The van der Waals surface area contributed by atoms with Crippen molar-refractivity contribution in [3.05, 3.63) is 0 Å². The minimum Gasteiger partial charge on any atom is -0.468 e. The fourth-order valence-electron chi connectivity index (χ4n) is 0.561. The van der Waals surface area contributed by atoms with Crippen molar-refractivity contribution < 1.29 is 23.9 Å². The van der Waals surface area contributed by atoms with E-state index in [4.69, 9.17) is 0 Å². The summed E-state index contributed by atoms with van der Waals surface area (Å²) >= 11 is 0. The van der Waals surface area contributed by atoms with Crippen molar-refractivity contribution in [2.24, 2.45) is 0 Å². The topological polar surface area (TPSA) is 72.9 Å². The van der Waals surface area contributed by atoms with Crippen LogP contribution >= 0.6 is 0 Å². The van der Waals surface area contributed by atoms with Gasteiger partial charge >= 0.3 is 18.3 Å². The van der Waals surface area contributed by atoms with Crippen molar-refractivity contribution in [3.8, 4) is 0 Å².